The van der Waals surface area contributed by atoms with Crippen LogP contribution in [0.15, 0.2) is 0 Å². The highest BCUT2D eigenvalue weighted by molar-refractivity contribution is 4.65. The molecule has 0 saturated carbocycles. The molecule has 0 aromatic heterocycles. The number of hydrogen-bond acceptors (Lipinski definition) is 0. The van der Waals surface area contributed by atoms with Crippen molar-refractivity contribution in [2.75, 3.05) is 0 Å². The standard InChI is InChI=1S/C15H32/c1-7-13(5)11-15(8-2)10-9-14(6)12(3)4/h12-15H,7-11H2,1-6H3. The molecule has 0 saturated heterocycles. The van der Waals surface area contributed by atoms with Crippen LogP contribution in [0.5, 0.6) is 0 Å². The van der Waals surface area contributed by atoms with Gasteiger partial charge in [-0.2, -0.15) is 0 Å². The first-order valence-electron chi connectivity index (χ1n) is 7.01. The molecule has 0 heteroatoms. The van der Waals surface area contributed by atoms with E-state index in [0.717, 1.165) is 23.7 Å². The molecule has 0 aliphatic rings. The zero-order valence-corrected chi connectivity index (χ0v) is 11.8. The van der Waals surface area contributed by atoms with E-state index in [-0.39, 0.29) is 0 Å². The summed E-state index contributed by atoms with van der Waals surface area (Å²) in [5, 5.41) is 0. The third kappa shape index (κ3) is 6.98. The number of rotatable bonds is 8. The van der Waals surface area contributed by atoms with Crippen LogP contribution in [0, 0.1) is 23.7 Å². The molecule has 0 aromatic rings. The van der Waals surface area contributed by atoms with Crippen LogP contribution in [0.2, 0.25) is 0 Å². The first kappa shape index (κ1) is 15.0. The molecule has 0 nitrogen and oxygen atoms in total. The van der Waals surface area contributed by atoms with Gasteiger partial charge in [-0.15, -0.1) is 0 Å². The summed E-state index contributed by atoms with van der Waals surface area (Å²) in [6.07, 6.45) is 7.02. The summed E-state index contributed by atoms with van der Waals surface area (Å²) in [5.74, 6) is 3.65. The van der Waals surface area contributed by atoms with E-state index in [9.17, 15) is 0 Å². The van der Waals surface area contributed by atoms with Gasteiger partial charge < -0.3 is 0 Å². The predicted molar refractivity (Wildman–Crippen MR) is 71.1 cm³/mol. The van der Waals surface area contributed by atoms with E-state index < -0.39 is 0 Å². The van der Waals surface area contributed by atoms with Gasteiger partial charge in [0.05, 0.1) is 0 Å². The second kappa shape index (κ2) is 8.19. The largest absolute Gasteiger partial charge is 0.0651 e. The normalized spacial score (nSPS) is 17.8. The monoisotopic (exact) mass is 212 g/mol. The lowest BCUT2D eigenvalue weighted by molar-refractivity contribution is 0.299. The third-order valence-electron chi connectivity index (χ3n) is 4.18. The Bertz CT molecular complexity index is 137. The maximum absolute atomic E-state index is 2.40. The maximum Gasteiger partial charge on any atom is -0.0414 e. The fourth-order valence-electron chi connectivity index (χ4n) is 2.06. The first-order chi connectivity index (χ1) is 7.01. The molecule has 0 aromatic carbocycles. The molecule has 15 heavy (non-hydrogen) atoms. The van der Waals surface area contributed by atoms with Crippen LogP contribution in [-0.2, 0) is 0 Å². The highest BCUT2D eigenvalue weighted by Crippen LogP contribution is 2.26. The lowest BCUT2D eigenvalue weighted by Crippen LogP contribution is -2.10. The van der Waals surface area contributed by atoms with Crippen molar-refractivity contribution in [3.05, 3.63) is 0 Å². The van der Waals surface area contributed by atoms with Gasteiger partial charge in [-0.25, -0.2) is 0 Å². The van der Waals surface area contributed by atoms with Crippen LogP contribution in [-0.4, -0.2) is 0 Å². The second-order valence-electron chi connectivity index (χ2n) is 5.82. The Labute approximate surface area is 97.8 Å². The van der Waals surface area contributed by atoms with Crippen LogP contribution in [0.25, 0.3) is 0 Å². The van der Waals surface area contributed by atoms with Gasteiger partial charge in [0, 0.05) is 0 Å². The molecule has 0 aliphatic heterocycles. The number of hydrogen-bond donors (Lipinski definition) is 0. The smallest absolute Gasteiger partial charge is 0.0414 e. The molecule has 0 rings (SSSR count). The third-order valence-corrected chi connectivity index (χ3v) is 4.18. The molecule has 3 atom stereocenters. The zero-order chi connectivity index (χ0) is 11.8. The molecule has 3 unspecified atom stereocenters. The Morgan fingerprint density at radius 3 is 1.80 bits per heavy atom. The second-order valence-corrected chi connectivity index (χ2v) is 5.82. The van der Waals surface area contributed by atoms with Gasteiger partial charge in [0.1, 0.15) is 0 Å². The molecule has 0 bridgehead atoms. The molecule has 92 valence electrons. The summed E-state index contributed by atoms with van der Waals surface area (Å²) in [7, 11) is 0. The molecule has 0 spiro atoms. The predicted octanol–water partition coefficient (Wildman–Crippen LogP) is 5.52. The molecular weight excluding hydrogens is 180 g/mol. The lowest BCUT2D eigenvalue weighted by atomic mass is 9.84. The van der Waals surface area contributed by atoms with Gasteiger partial charge in [-0.1, -0.05) is 67.2 Å². The van der Waals surface area contributed by atoms with E-state index >= 15 is 0 Å². The van der Waals surface area contributed by atoms with Crippen LogP contribution in [0.1, 0.15) is 73.6 Å². The van der Waals surface area contributed by atoms with E-state index in [2.05, 4.69) is 41.5 Å². The van der Waals surface area contributed by atoms with Crippen molar-refractivity contribution in [2.45, 2.75) is 73.6 Å². The Morgan fingerprint density at radius 2 is 1.40 bits per heavy atom. The van der Waals surface area contributed by atoms with Crippen molar-refractivity contribution < 1.29 is 0 Å². The first-order valence-corrected chi connectivity index (χ1v) is 7.01. The van der Waals surface area contributed by atoms with E-state index in [1.54, 1.807) is 0 Å². The van der Waals surface area contributed by atoms with Crippen molar-refractivity contribution in [3.63, 3.8) is 0 Å². The Morgan fingerprint density at radius 1 is 0.800 bits per heavy atom. The van der Waals surface area contributed by atoms with Crippen molar-refractivity contribution in [3.8, 4) is 0 Å². The fourth-order valence-corrected chi connectivity index (χ4v) is 2.06. The molecule has 0 amide bonds. The van der Waals surface area contributed by atoms with E-state index in [4.69, 9.17) is 0 Å². The average molecular weight is 212 g/mol. The fraction of sp³-hybridized carbons (Fsp3) is 1.00. The summed E-state index contributed by atoms with van der Waals surface area (Å²) in [6.45, 7) is 14.2. The summed E-state index contributed by atoms with van der Waals surface area (Å²) in [4.78, 5) is 0. The maximum atomic E-state index is 2.40. The van der Waals surface area contributed by atoms with Gasteiger partial charge in [0.15, 0.2) is 0 Å². The van der Waals surface area contributed by atoms with E-state index in [0.29, 0.717) is 0 Å². The minimum atomic E-state index is 0.853. The quantitative estimate of drug-likeness (QED) is 0.497. The molecule has 0 fully saturated rings. The highest BCUT2D eigenvalue weighted by atomic mass is 14.2. The van der Waals surface area contributed by atoms with Crippen LogP contribution >= 0.6 is 0 Å². The Hall–Kier alpha value is 0. The summed E-state index contributed by atoms with van der Waals surface area (Å²) >= 11 is 0. The van der Waals surface area contributed by atoms with Crippen LogP contribution in [0.3, 0.4) is 0 Å². The highest BCUT2D eigenvalue weighted by Gasteiger charge is 2.13. The van der Waals surface area contributed by atoms with Crippen LogP contribution < -0.4 is 0 Å². The molecule has 0 aliphatic carbocycles. The topological polar surface area (TPSA) is 0 Å². The van der Waals surface area contributed by atoms with Crippen molar-refractivity contribution in [2.24, 2.45) is 23.7 Å². The summed E-state index contributed by atoms with van der Waals surface area (Å²) < 4.78 is 0. The van der Waals surface area contributed by atoms with E-state index in [1.165, 1.54) is 32.1 Å². The van der Waals surface area contributed by atoms with Gasteiger partial charge >= 0.3 is 0 Å². The van der Waals surface area contributed by atoms with Gasteiger partial charge in [-0.05, 0) is 30.1 Å². The van der Waals surface area contributed by atoms with Gasteiger partial charge in [0.25, 0.3) is 0 Å². The molecule has 0 N–H and O–H groups in total. The van der Waals surface area contributed by atoms with E-state index in [1.807, 2.05) is 0 Å². The summed E-state index contributed by atoms with van der Waals surface area (Å²) in [5.41, 5.74) is 0. The van der Waals surface area contributed by atoms with Crippen molar-refractivity contribution >= 4 is 0 Å². The zero-order valence-electron chi connectivity index (χ0n) is 11.8. The van der Waals surface area contributed by atoms with Crippen molar-refractivity contribution in [1.82, 2.24) is 0 Å². The minimum Gasteiger partial charge on any atom is -0.0651 e. The molecular formula is C15H32. The lowest BCUT2D eigenvalue weighted by Gasteiger charge is -2.22. The Balaban J connectivity index is 3.79. The van der Waals surface area contributed by atoms with Gasteiger partial charge in [0.2, 0.25) is 0 Å². The molecule has 0 heterocycles. The minimum absolute atomic E-state index is 0.853. The molecule has 0 radical (unpaired) electrons. The SMILES string of the molecule is CCC(C)CC(CC)CCC(C)C(C)C. The average Bonchev–Trinajstić information content (AvgIpc) is 2.22. The van der Waals surface area contributed by atoms with Gasteiger partial charge in [-0.3, -0.25) is 0 Å². The summed E-state index contributed by atoms with van der Waals surface area (Å²) in [6, 6.07) is 0. The Kier molecular flexibility index (Phi) is 8.19. The van der Waals surface area contributed by atoms with Crippen molar-refractivity contribution in [1.29, 1.82) is 0 Å². The van der Waals surface area contributed by atoms with Crippen LogP contribution in [0.4, 0.5) is 0 Å².